The summed E-state index contributed by atoms with van der Waals surface area (Å²) < 4.78 is 17.5. The van der Waals surface area contributed by atoms with Crippen molar-refractivity contribution in [3.63, 3.8) is 0 Å². The van der Waals surface area contributed by atoms with Gasteiger partial charge in [-0.3, -0.25) is 10.1 Å². The fraction of sp³-hybridized carbons (Fsp3) is 0.312. The smallest absolute Gasteiger partial charge is 0.413 e. The number of benzene rings is 1. The first-order chi connectivity index (χ1) is 12.0. The Morgan fingerprint density at radius 3 is 2.88 bits per heavy atom. The molecule has 0 unspecified atom stereocenters. The highest BCUT2D eigenvalue weighted by atomic mass is 32.2. The number of nitrogens with one attached hydrogen (secondary N) is 1. The minimum atomic E-state index is -0.560. The average Bonchev–Trinajstić information content (AvgIpc) is 3.02. The Morgan fingerprint density at radius 2 is 2.16 bits per heavy atom. The van der Waals surface area contributed by atoms with Gasteiger partial charge in [0.15, 0.2) is 5.13 Å². The van der Waals surface area contributed by atoms with E-state index in [0.717, 1.165) is 15.5 Å². The first kappa shape index (κ1) is 17.7. The van der Waals surface area contributed by atoms with Gasteiger partial charge >= 0.3 is 6.09 Å². The Labute approximate surface area is 152 Å². The number of aromatic nitrogens is 1. The summed E-state index contributed by atoms with van der Waals surface area (Å²) in [5.74, 6) is 0.0317. The van der Waals surface area contributed by atoms with Gasteiger partial charge in [0.2, 0.25) is 5.91 Å². The van der Waals surface area contributed by atoms with Crippen LogP contribution in [0.2, 0.25) is 0 Å². The van der Waals surface area contributed by atoms with Crippen LogP contribution in [-0.4, -0.2) is 41.3 Å². The van der Waals surface area contributed by atoms with Gasteiger partial charge in [0.1, 0.15) is 5.82 Å². The van der Waals surface area contributed by atoms with Gasteiger partial charge in [0.25, 0.3) is 0 Å². The van der Waals surface area contributed by atoms with Crippen LogP contribution >= 0.6 is 23.1 Å². The molecule has 6 nitrogen and oxygen atoms in total. The quantitative estimate of drug-likeness (QED) is 0.824. The van der Waals surface area contributed by atoms with E-state index in [1.807, 2.05) is 0 Å². The van der Waals surface area contributed by atoms with Crippen LogP contribution in [0.25, 0.3) is 0 Å². The second-order valence-corrected chi connectivity index (χ2v) is 7.45. The van der Waals surface area contributed by atoms with E-state index in [-0.39, 0.29) is 11.7 Å². The lowest BCUT2D eigenvalue weighted by molar-refractivity contribution is -0.129. The molecule has 0 atom stereocenters. The Kier molecular flexibility index (Phi) is 5.54. The van der Waals surface area contributed by atoms with E-state index in [2.05, 4.69) is 15.0 Å². The van der Waals surface area contributed by atoms with Gasteiger partial charge in [-0.1, -0.05) is 11.3 Å². The Balaban J connectivity index is 1.57. The summed E-state index contributed by atoms with van der Waals surface area (Å²) in [4.78, 5) is 31.6. The number of amides is 2. The lowest BCUT2D eigenvalue weighted by Gasteiger charge is -2.26. The highest BCUT2D eigenvalue weighted by Crippen LogP contribution is 2.29. The number of methoxy groups -OCH3 is 1. The van der Waals surface area contributed by atoms with E-state index >= 15 is 0 Å². The van der Waals surface area contributed by atoms with Crippen LogP contribution in [0.5, 0.6) is 0 Å². The highest BCUT2D eigenvalue weighted by molar-refractivity contribution is 8.00. The van der Waals surface area contributed by atoms with E-state index in [9.17, 15) is 14.0 Å². The molecule has 1 aromatic carbocycles. The Hall–Kier alpha value is -2.13. The molecule has 0 bridgehead atoms. The van der Waals surface area contributed by atoms with Crippen LogP contribution in [-0.2, 0) is 22.5 Å². The predicted molar refractivity (Wildman–Crippen MR) is 94.4 cm³/mol. The largest absolute Gasteiger partial charge is 0.453 e. The summed E-state index contributed by atoms with van der Waals surface area (Å²) in [7, 11) is 1.29. The van der Waals surface area contributed by atoms with Gasteiger partial charge in [-0.05, 0) is 24.3 Å². The van der Waals surface area contributed by atoms with Crippen molar-refractivity contribution in [2.45, 2.75) is 17.9 Å². The second-order valence-electron chi connectivity index (χ2n) is 5.31. The highest BCUT2D eigenvalue weighted by Gasteiger charge is 2.24. The number of ether oxygens (including phenoxy) is 1. The topological polar surface area (TPSA) is 71.5 Å². The Morgan fingerprint density at radius 1 is 1.40 bits per heavy atom. The number of fused-ring (bicyclic) bond motifs is 1. The zero-order valence-corrected chi connectivity index (χ0v) is 15.1. The third kappa shape index (κ3) is 4.49. The SMILES string of the molecule is COC(=O)Nc1nc2c(s1)CN(C(=O)CSc1ccc(F)cc1)CC2. The van der Waals surface area contributed by atoms with E-state index in [1.165, 1.54) is 42.3 Å². The molecule has 2 heterocycles. The second kappa shape index (κ2) is 7.83. The maximum Gasteiger partial charge on any atom is 0.413 e. The number of halogens is 1. The molecule has 2 aromatic rings. The zero-order chi connectivity index (χ0) is 17.8. The summed E-state index contributed by atoms with van der Waals surface area (Å²) in [6.45, 7) is 1.08. The number of thioether (sulfide) groups is 1. The van der Waals surface area contributed by atoms with Crippen molar-refractivity contribution in [1.82, 2.24) is 9.88 Å². The number of anilines is 1. The molecule has 1 aliphatic heterocycles. The first-order valence-corrected chi connectivity index (χ1v) is 9.35. The molecule has 1 aromatic heterocycles. The van der Waals surface area contributed by atoms with Crippen molar-refractivity contribution < 1.29 is 18.7 Å². The maximum atomic E-state index is 12.9. The number of carbonyl (C=O) groups excluding carboxylic acids is 2. The van der Waals surface area contributed by atoms with E-state index in [4.69, 9.17) is 0 Å². The minimum Gasteiger partial charge on any atom is -0.453 e. The molecular weight excluding hydrogens is 365 g/mol. The van der Waals surface area contributed by atoms with Crippen molar-refractivity contribution in [3.8, 4) is 0 Å². The molecule has 0 saturated heterocycles. The average molecular weight is 381 g/mol. The maximum absolute atomic E-state index is 12.9. The molecule has 25 heavy (non-hydrogen) atoms. The number of nitrogens with zero attached hydrogens (tertiary/aromatic N) is 2. The Bertz CT molecular complexity index is 779. The van der Waals surface area contributed by atoms with Crippen LogP contribution < -0.4 is 5.32 Å². The number of rotatable bonds is 4. The fourth-order valence-electron chi connectivity index (χ4n) is 2.37. The molecule has 3 rings (SSSR count). The molecule has 2 amide bonds. The molecule has 0 fully saturated rings. The molecular formula is C16H16FN3O3S2. The summed E-state index contributed by atoms with van der Waals surface area (Å²) in [6.07, 6.45) is 0.0940. The summed E-state index contributed by atoms with van der Waals surface area (Å²) >= 11 is 2.74. The van der Waals surface area contributed by atoms with E-state index in [0.29, 0.717) is 30.4 Å². The molecule has 0 radical (unpaired) electrons. The number of thiazole rings is 1. The van der Waals surface area contributed by atoms with Gasteiger partial charge in [0, 0.05) is 22.7 Å². The zero-order valence-electron chi connectivity index (χ0n) is 13.5. The van der Waals surface area contributed by atoms with Gasteiger partial charge in [0.05, 0.1) is 25.1 Å². The monoisotopic (exact) mass is 381 g/mol. The van der Waals surface area contributed by atoms with Crippen molar-refractivity contribution in [2.75, 3.05) is 24.7 Å². The molecule has 0 spiro atoms. The molecule has 0 saturated carbocycles. The van der Waals surface area contributed by atoms with Crippen LogP contribution in [0.4, 0.5) is 14.3 Å². The third-order valence-corrected chi connectivity index (χ3v) is 5.65. The lowest BCUT2D eigenvalue weighted by atomic mass is 10.2. The van der Waals surface area contributed by atoms with Gasteiger partial charge in [-0.2, -0.15) is 0 Å². The van der Waals surface area contributed by atoms with Crippen LogP contribution in [0.15, 0.2) is 29.2 Å². The van der Waals surface area contributed by atoms with E-state index in [1.54, 1.807) is 17.0 Å². The third-order valence-electron chi connectivity index (χ3n) is 3.65. The lowest BCUT2D eigenvalue weighted by Crippen LogP contribution is -2.36. The summed E-state index contributed by atoms with van der Waals surface area (Å²) in [5.41, 5.74) is 0.909. The molecule has 1 aliphatic rings. The molecule has 9 heteroatoms. The number of carbonyl (C=O) groups is 2. The standard InChI is InChI=1S/C16H16FN3O3S2/c1-23-16(22)19-15-18-12-6-7-20(8-13(12)25-15)14(21)9-24-11-4-2-10(17)3-5-11/h2-5H,6-9H2,1H3,(H,18,19,22). The van der Waals surface area contributed by atoms with Crippen molar-refractivity contribution >= 4 is 40.2 Å². The summed E-state index contributed by atoms with van der Waals surface area (Å²) in [6, 6.07) is 6.09. The fourth-order valence-corrected chi connectivity index (χ4v) is 4.18. The normalized spacial score (nSPS) is 13.3. The minimum absolute atomic E-state index is 0.0239. The van der Waals surface area contributed by atoms with Crippen molar-refractivity contribution in [3.05, 3.63) is 40.7 Å². The van der Waals surface area contributed by atoms with Crippen molar-refractivity contribution in [2.24, 2.45) is 0 Å². The van der Waals surface area contributed by atoms with Crippen molar-refractivity contribution in [1.29, 1.82) is 0 Å². The van der Waals surface area contributed by atoms with Crippen LogP contribution in [0.1, 0.15) is 10.6 Å². The van der Waals surface area contributed by atoms with Crippen LogP contribution in [0, 0.1) is 5.82 Å². The van der Waals surface area contributed by atoms with Gasteiger partial charge < -0.3 is 9.64 Å². The number of hydrogen-bond acceptors (Lipinski definition) is 6. The van der Waals surface area contributed by atoms with E-state index < -0.39 is 6.09 Å². The number of hydrogen-bond donors (Lipinski definition) is 1. The molecule has 132 valence electrons. The molecule has 0 aliphatic carbocycles. The van der Waals surface area contributed by atoms with Gasteiger partial charge in [-0.25, -0.2) is 14.2 Å². The molecule has 1 N–H and O–H groups in total. The van der Waals surface area contributed by atoms with Gasteiger partial charge in [-0.15, -0.1) is 11.8 Å². The predicted octanol–water partition coefficient (Wildman–Crippen LogP) is 3.14. The first-order valence-electron chi connectivity index (χ1n) is 7.55. The summed E-state index contributed by atoms with van der Waals surface area (Å²) in [5, 5.41) is 3.03. The van der Waals surface area contributed by atoms with Crippen LogP contribution in [0.3, 0.4) is 0 Å².